The van der Waals surface area contributed by atoms with Crippen LogP contribution in [0, 0.1) is 0 Å². The fourth-order valence-corrected chi connectivity index (χ4v) is 4.19. The van der Waals surface area contributed by atoms with Crippen molar-refractivity contribution >= 4 is 44.2 Å². The number of hydrogen-bond donors (Lipinski definition) is 3. The first-order chi connectivity index (χ1) is 14.9. The van der Waals surface area contributed by atoms with Gasteiger partial charge in [-0.15, -0.1) is 0 Å². The maximum atomic E-state index is 12.7. The number of carbonyl (C=O) groups excluding carboxylic acids is 1. The average Bonchev–Trinajstić information content (AvgIpc) is 3.40. The molecule has 4 rings (SSSR count). The van der Waals surface area contributed by atoms with E-state index in [1.807, 2.05) is 22.9 Å². The normalized spacial score (nSPS) is 11.5. The van der Waals surface area contributed by atoms with Gasteiger partial charge >= 0.3 is 0 Å². The molecule has 9 nitrogen and oxygen atoms in total. The number of aromatic nitrogens is 4. The Morgan fingerprint density at radius 2 is 2.06 bits per heavy atom. The SMILES string of the molecule is CS(=O)(=O)Nc1ccc(CCCNC(=O)c2ccnc3nc(-c4ccsc4)[nH]c23)cn1. The van der Waals surface area contributed by atoms with Gasteiger partial charge in [0.2, 0.25) is 10.0 Å². The van der Waals surface area contributed by atoms with E-state index >= 15 is 0 Å². The van der Waals surface area contributed by atoms with E-state index in [0.29, 0.717) is 41.9 Å². The van der Waals surface area contributed by atoms with Crippen molar-refractivity contribution < 1.29 is 13.2 Å². The van der Waals surface area contributed by atoms with Crippen LogP contribution in [0.5, 0.6) is 0 Å². The Balaban J connectivity index is 1.34. The van der Waals surface area contributed by atoms with E-state index in [1.165, 1.54) is 0 Å². The summed E-state index contributed by atoms with van der Waals surface area (Å²) in [6.45, 7) is 0.484. The summed E-state index contributed by atoms with van der Waals surface area (Å²) in [5.41, 5.74) is 3.52. The van der Waals surface area contributed by atoms with Gasteiger partial charge in [0, 0.05) is 29.9 Å². The van der Waals surface area contributed by atoms with Crippen LogP contribution in [0.4, 0.5) is 5.82 Å². The third kappa shape index (κ3) is 5.25. The molecular formula is C20H20N6O3S2. The third-order valence-corrected chi connectivity index (χ3v) is 5.74. The molecule has 0 aromatic carbocycles. The molecule has 0 bridgehead atoms. The monoisotopic (exact) mass is 456 g/mol. The lowest BCUT2D eigenvalue weighted by molar-refractivity contribution is 0.0954. The summed E-state index contributed by atoms with van der Waals surface area (Å²) in [5.74, 6) is 0.770. The number of aromatic amines is 1. The Morgan fingerprint density at radius 1 is 1.19 bits per heavy atom. The fraction of sp³-hybridized carbons (Fsp3) is 0.200. The van der Waals surface area contributed by atoms with Gasteiger partial charge in [0.25, 0.3) is 5.91 Å². The van der Waals surface area contributed by atoms with Crippen molar-refractivity contribution in [3.05, 3.63) is 58.5 Å². The number of pyridine rings is 2. The summed E-state index contributed by atoms with van der Waals surface area (Å²) in [7, 11) is -3.34. The topological polar surface area (TPSA) is 130 Å². The summed E-state index contributed by atoms with van der Waals surface area (Å²) in [5, 5.41) is 6.87. The molecule has 0 spiro atoms. The van der Waals surface area contributed by atoms with E-state index < -0.39 is 10.0 Å². The van der Waals surface area contributed by atoms with Crippen molar-refractivity contribution in [3.8, 4) is 11.4 Å². The first-order valence-electron chi connectivity index (χ1n) is 9.47. The highest BCUT2D eigenvalue weighted by Crippen LogP contribution is 2.23. The smallest absolute Gasteiger partial charge is 0.253 e. The molecular weight excluding hydrogens is 436 g/mol. The van der Waals surface area contributed by atoms with Crippen molar-refractivity contribution in [3.63, 3.8) is 0 Å². The second-order valence-electron chi connectivity index (χ2n) is 6.94. The predicted octanol–water partition coefficient (Wildman–Crippen LogP) is 2.82. The molecule has 4 aromatic rings. The van der Waals surface area contributed by atoms with Crippen LogP contribution < -0.4 is 10.0 Å². The van der Waals surface area contributed by atoms with Crippen LogP contribution in [0.15, 0.2) is 47.4 Å². The lowest BCUT2D eigenvalue weighted by atomic mass is 10.1. The van der Waals surface area contributed by atoms with Crippen molar-refractivity contribution in [2.75, 3.05) is 17.5 Å². The van der Waals surface area contributed by atoms with Crippen LogP contribution in [0.3, 0.4) is 0 Å². The molecule has 0 fully saturated rings. The van der Waals surface area contributed by atoms with Crippen molar-refractivity contribution in [1.29, 1.82) is 0 Å². The first kappa shape index (κ1) is 20.9. The molecule has 0 radical (unpaired) electrons. The number of sulfonamides is 1. The highest BCUT2D eigenvalue weighted by molar-refractivity contribution is 7.92. The lowest BCUT2D eigenvalue weighted by Crippen LogP contribution is -2.25. The number of thiophene rings is 1. The number of amides is 1. The van der Waals surface area contributed by atoms with Crippen LogP contribution >= 0.6 is 11.3 Å². The Kier molecular flexibility index (Phi) is 5.96. The Hall–Kier alpha value is -3.31. The number of nitrogens with one attached hydrogen (secondary N) is 3. The standard InChI is InChI=1S/C20H20N6O3S2/c1-31(28,29)26-16-5-4-13(11-23-16)3-2-8-22-20(27)15-6-9-21-19-17(15)24-18(25-19)14-7-10-30-12-14/h4-7,9-12H,2-3,8H2,1H3,(H,22,27)(H,23,26)(H,21,24,25). The second kappa shape index (κ2) is 8.82. The van der Waals surface area contributed by atoms with Gasteiger partial charge in [0.15, 0.2) is 5.65 Å². The number of anilines is 1. The zero-order chi connectivity index (χ0) is 21.8. The van der Waals surface area contributed by atoms with Gasteiger partial charge in [-0.25, -0.2) is 23.4 Å². The molecule has 1 amide bonds. The molecule has 0 aliphatic rings. The van der Waals surface area contributed by atoms with E-state index in [4.69, 9.17) is 0 Å². The summed E-state index contributed by atoms with van der Waals surface area (Å²) in [6.07, 6.45) is 5.69. The van der Waals surface area contributed by atoms with Crippen LogP contribution in [0.2, 0.25) is 0 Å². The van der Waals surface area contributed by atoms with E-state index in [1.54, 1.807) is 35.9 Å². The molecule has 3 N–H and O–H groups in total. The van der Waals surface area contributed by atoms with Gasteiger partial charge in [0.1, 0.15) is 11.6 Å². The predicted molar refractivity (Wildman–Crippen MR) is 121 cm³/mol. The number of aryl methyl sites for hydroxylation is 1. The van der Waals surface area contributed by atoms with Gasteiger partial charge < -0.3 is 10.3 Å². The molecule has 160 valence electrons. The Labute approximate surface area is 183 Å². The quantitative estimate of drug-likeness (QED) is 0.350. The van der Waals surface area contributed by atoms with E-state index in [-0.39, 0.29) is 11.7 Å². The largest absolute Gasteiger partial charge is 0.352 e. The number of carbonyl (C=O) groups is 1. The minimum absolute atomic E-state index is 0.196. The minimum Gasteiger partial charge on any atom is -0.352 e. The van der Waals surface area contributed by atoms with Gasteiger partial charge in [-0.3, -0.25) is 9.52 Å². The highest BCUT2D eigenvalue weighted by atomic mass is 32.2. The van der Waals surface area contributed by atoms with Crippen molar-refractivity contribution in [2.24, 2.45) is 0 Å². The maximum Gasteiger partial charge on any atom is 0.253 e. The van der Waals surface area contributed by atoms with Crippen LogP contribution in [0.25, 0.3) is 22.6 Å². The molecule has 11 heteroatoms. The van der Waals surface area contributed by atoms with Gasteiger partial charge in [-0.05, 0) is 42.0 Å². The summed E-state index contributed by atoms with van der Waals surface area (Å²) >= 11 is 1.58. The lowest BCUT2D eigenvalue weighted by Gasteiger charge is -2.07. The van der Waals surface area contributed by atoms with E-state index in [0.717, 1.165) is 17.4 Å². The molecule has 0 aliphatic carbocycles. The van der Waals surface area contributed by atoms with Gasteiger partial charge in [-0.1, -0.05) is 6.07 Å². The minimum atomic E-state index is -3.34. The number of imidazole rings is 1. The number of nitrogens with zero attached hydrogens (tertiary/aromatic N) is 3. The number of H-pyrrole nitrogens is 1. The molecule has 31 heavy (non-hydrogen) atoms. The van der Waals surface area contributed by atoms with Crippen molar-refractivity contribution in [2.45, 2.75) is 12.8 Å². The fourth-order valence-electron chi connectivity index (χ4n) is 3.05. The molecule has 0 atom stereocenters. The van der Waals surface area contributed by atoms with Crippen LogP contribution in [-0.2, 0) is 16.4 Å². The van der Waals surface area contributed by atoms with Crippen LogP contribution in [0.1, 0.15) is 22.3 Å². The molecule has 4 heterocycles. The molecule has 0 aliphatic heterocycles. The highest BCUT2D eigenvalue weighted by Gasteiger charge is 2.15. The first-order valence-corrected chi connectivity index (χ1v) is 12.3. The molecule has 0 saturated carbocycles. The summed E-state index contributed by atoms with van der Waals surface area (Å²) in [4.78, 5) is 28.7. The second-order valence-corrected chi connectivity index (χ2v) is 9.47. The van der Waals surface area contributed by atoms with Crippen molar-refractivity contribution in [1.82, 2.24) is 25.3 Å². The summed E-state index contributed by atoms with van der Waals surface area (Å²) in [6, 6.07) is 7.06. The number of hydrogen-bond acceptors (Lipinski definition) is 7. The van der Waals surface area contributed by atoms with E-state index in [2.05, 4.69) is 30.0 Å². The Morgan fingerprint density at radius 3 is 2.77 bits per heavy atom. The number of rotatable bonds is 8. The molecule has 0 unspecified atom stereocenters. The molecule has 0 saturated heterocycles. The number of fused-ring (bicyclic) bond motifs is 1. The van der Waals surface area contributed by atoms with Crippen LogP contribution in [-0.4, -0.2) is 47.1 Å². The molecule has 4 aromatic heterocycles. The zero-order valence-corrected chi connectivity index (χ0v) is 18.3. The van der Waals surface area contributed by atoms with Gasteiger partial charge in [-0.2, -0.15) is 11.3 Å². The zero-order valence-electron chi connectivity index (χ0n) is 16.6. The average molecular weight is 457 g/mol. The van der Waals surface area contributed by atoms with Gasteiger partial charge in [0.05, 0.1) is 17.3 Å². The Bertz CT molecular complexity index is 1300. The summed E-state index contributed by atoms with van der Waals surface area (Å²) < 4.78 is 24.8. The van der Waals surface area contributed by atoms with E-state index in [9.17, 15) is 13.2 Å². The third-order valence-electron chi connectivity index (χ3n) is 4.47. The maximum absolute atomic E-state index is 12.7.